The smallest absolute Gasteiger partial charge is 0.260 e. The zero-order chi connectivity index (χ0) is 31.1. The van der Waals surface area contributed by atoms with Crippen LogP contribution >= 0.6 is 11.6 Å². The van der Waals surface area contributed by atoms with E-state index in [-0.39, 0.29) is 36.0 Å². The molecule has 2 fully saturated rings. The summed E-state index contributed by atoms with van der Waals surface area (Å²) in [5.41, 5.74) is 3.17. The number of hydrogen-bond acceptors (Lipinski definition) is 5. The highest BCUT2D eigenvalue weighted by Crippen LogP contribution is 2.33. The summed E-state index contributed by atoms with van der Waals surface area (Å²) in [6.07, 6.45) is 11.9. The minimum Gasteiger partial charge on any atom is -0.381 e. The summed E-state index contributed by atoms with van der Waals surface area (Å²) >= 11 is 6.83. The third-order valence-electron chi connectivity index (χ3n) is 8.65. The fourth-order valence-corrected chi connectivity index (χ4v) is 6.15. The molecule has 8 nitrogen and oxygen atoms in total. The Hall–Kier alpha value is -3.75. The lowest BCUT2D eigenvalue weighted by atomic mass is 10.00. The maximum Gasteiger partial charge on any atom is 0.260 e. The number of hydrogen-bond donors (Lipinski definition) is 2. The van der Waals surface area contributed by atoms with Gasteiger partial charge >= 0.3 is 0 Å². The zero-order valence-corrected chi connectivity index (χ0v) is 26.4. The molecule has 1 aliphatic heterocycles. The topological polar surface area (TPSA) is 97.6 Å². The van der Waals surface area contributed by atoms with Gasteiger partial charge in [0.25, 0.3) is 5.56 Å². The molecule has 1 aliphatic carbocycles. The van der Waals surface area contributed by atoms with Gasteiger partial charge in [0.05, 0.1) is 6.04 Å². The fourth-order valence-electron chi connectivity index (χ4n) is 5.87. The molecule has 0 bridgehead atoms. The highest BCUT2D eigenvalue weighted by Gasteiger charge is 2.24. The molecule has 44 heavy (non-hydrogen) atoms. The van der Waals surface area contributed by atoms with E-state index in [0.29, 0.717) is 40.7 Å². The summed E-state index contributed by atoms with van der Waals surface area (Å²) < 4.78 is 7.06. The van der Waals surface area contributed by atoms with Crippen molar-refractivity contribution < 1.29 is 9.53 Å². The minimum atomic E-state index is -0.315. The van der Waals surface area contributed by atoms with Gasteiger partial charge in [-0.3, -0.25) is 24.1 Å². The van der Waals surface area contributed by atoms with Crippen LogP contribution in [-0.4, -0.2) is 46.6 Å². The lowest BCUT2D eigenvalue weighted by Gasteiger charge is -2.25. The molecule has 232 valence electrons. The number of carbonyl (C=O) groups is 1. The monoisotopic (exact) mass is 615 g/mol. The average Bonchev–Trinajstić information content (AvgIpc) is 3.56. The Kier molecular flexibility index (Phi) is 10.7. The Labute approximate surface area is 264 Å². The van der Waals surface area contributed by atoms with Crippen molar-refractivity contribution in [2.75, 3.05) is 18.5 Å². The van der Waals surface area contributed by atoms with E-state index in [1.54, 1.807) is 24.5 Å². The van der Waals surface area contributed by atoms with E-state index in [0.717, 1.165) is 61.9 Å². The normalized spacial score (nSPS) is 16.9. The summed E-state index contributed by atoms with van der Waals surface area (Å²) in [7, 11) is 0. The number of anilines is 1. The molecular formula is C35H42ClN5O3. The van der Waals surface area contributed by atoms with E-state index in [9.17, 15) is 9.59 Å². The number of aliphatic imine (C=N–C) groups is 1. The lowest BCUT2D eigenvalue weighted by Crippen LogP contribution is -2.39. The maximum atomic E-state index is 14.3. The van der Waals surface area contributed by atoms with E-state index in [1.165, 1.54) is 4.57 Å². The van der Waals surface area contributed by atoms with Crippen LogP contribution in [0.15, 0.2) is 65.2 Å². The standard InChI is InChI=1S/C35H42ClN5O3/c1-4-23(3)33(39-28-14-17-44-18-15-28)40-34-24(5-2)19-30(35(43)41(34)22-32(42)38-27-10-6-7-11-27)29-13-12-25(20-31(29)36)26-9-8-16-37-21-26/h5,8-9,12-13,16,19-21,23,27-28H,2,4,6-7,10-11,14-15,17-18,22H2,1,3H3,(H,38,42)(H,39,40). The predicted molar refractivity (Wildman–Crippen MR) is 179 cm³/mol. The van der Waals surface area contributed by atoms with Gasteiger partial charge in [-0.25, -0.2) is 0 Å². The number of carbonyl (C=O) groups excluding carboxylic acids is 1. The van der Waals surface area contributed by atoms with Crippen molar-refractivity contribution in [1.82, 2.24) is 14.9 Å². The Balaban J connectivity index is 1.59. The SMILES string of the molecule is C=Cc1cc(-c2ccc(-c3cccnc3)cc2Cl)c(=O)n(CC(=O)NC2CCCC2)c1NC(=NC1CCOCC1)C(C)CC. The number of rotatable bonds is 10. The number of amidine groups is 1. The number of ether oxygens (including phenoxy) is 1. The fraction of sp³-hybridized carbons (Fsp3) is 0.429. The molecule has 3 aromatic rings. The molecule has 1 unspecified atom stereocenters. The van der Waals surface area contributed by atoms with Crippen molar-refractivity contribution in [3.8, 4) is 22.3 Å². The first-order valence-corrected chi connectivity index (χ1v) is 16.1. The zero-order valence-electron chi connectivity index (χ0n) is 25.7. The molecule has 2 aromatic heterocycles. The van der Waals surface area contributed by atoms with Crippen molar-refractivity contribution in [2.45, 2.75) is 77.4 Å². The number of halogens is 1. The molecule has 1 saturated heterocycles. The van der Waals surface area contributed by atoms with Crippen LogP contribution in [0.4, 0.5) is 5.82 Å². The molecule has 2 N–H and O–H groups in total. The first-order valence-electron chi connectivity index (χ1n) is 15.7. The molecule has 2 aliphatic rings. The Morgan fingerprint density at radius 3 is 2.59 bits per heavy atom. The maximum absolute atomic E-state index is 14.3. The van der Waals surface area contributed by atoms with Crippen LogP contribution in [0.5, 0.6) is 0 Å². The van der Waals surface area contributed by atoms with Crippen LogP contribution in [0.3, 0.4) is 0 Å². The van der Waals surface area contributed by atoms with Gasteiger partial charge in [-0.2, -0.15) is 0 Å². The first kappa shape index (κ1) is 31.7. The quantitative estimate of drug-likeness (QED) is 0.190. The van der Waals surface area contributed by atoms with Crippen molar-refractivity contribution in [3.63, 3.8) is 0 Å². The van der Waals surface area contributed by atoms with Crippen molar-refractivity contribution in [1.29, 1.82) is 0 Å². The third-order valence-corrected chi connectivity index (χ3v) is 8.97. The summed E-state index contributed by atoms with van der Waals surface area (Å²) in [4.78, 5) is 37.0. The summed E-state index contributed by atoms with van der Waals surface area (Å²) in [5.74, 6) is 1.21. The van der Waals surface area contributed by atoms with Crippen LogP contribution in [0.25, 0.3) is 28.3 Å². The van der Waals surface area contributed by atoms with Crippen molar-refractivity contribution >= 4 is 35.2 Å². The first-order chi connectivity index (χ1) is 21.4. The second kappa shape index (κ2) is 14.8. The van der Waals surface area contributed by atoms with Gasteiger partial charge in [0, 0.05) is 64.8 Å². The summed E-state index contributed by atoms with van der Waals surface area (Å²) in [6.45, 7) is 9.53. The average molecular weight is 616 g/mol. The van der Waals surface area contributed by atoms with Crippen LogP contribution in [0.2, 0.25) is 5.02 Å². The van der Waals surface area contributed by atoms with Gasteiger partial charge in [-0.15, -0.1) is 0 Å². The number of nitrogens with zero attached hydrogens (tertiary/aromatic N) is 3. The molecule has 0 radical (unpaired) electrons. The van der Waals surface area contributed by atoms with Gasteiger partial charge in [-0.05, 0) is 55.9 Å². The molecule has 9 heteroatoms. The highest BCUT2D eigenvalue weighted by atomic mass is 35.5. The molecule has 0 spiro atoms. The molecular weight excluding hydrogens is 574 g/mol. The number of benzene rings is 1. The highest BCUT2D eigenvalue weighted by molar-refractivity contribution is 6.33. The second-order valence-electron chi connectivity index (χ2n) is 11.7. The molecule has 3 heterocycles. The number of aromatic nitrogens is 2. The van der Waals surface area contributed by atoms with Gasteiger partial charge in [-0.1, -0.05) is 69.1 Å². The van der Waals surface area contributed by atoms with Gasteiger partial charge in [0.15, 0.2) is 0 Å². The third kappa shape index (κ3) is 7.48. The number of amides is 1. The molecule has 1 atom stereocenters. The Morgan fingerprint density at radius 2 is 1.93 bits per heavy atom. The van der Waals surface area contributed by atoms with E-state index >= 15 is 0 Å². The second-order valence-corrected chi connectivity index (χ2v) is 12.1. The predicted octanol–water partition coefficient (Wildman–Crippen LogP) is 6.97. The minimum absolute atomic E-state index is 0.112. The molecule has 1 amide bonds. The molecule has 5 rings (SSSR count). The largest absolute Gasteiger partial charge is 0.381 e. The van der Waals surface area contributed by atoms with E-state index in [2.05, 4.69) is 36.0 Å². The van der Waals surface area contributed by atoms with Crippen LogP contribution in [0.1, 0.15) is 64.4 Å². The van der Waals surface area contributed by atoms with E-state index in [1.807, 2.05) is 30.3 Å². The van der Waals surface area contributed by atoms with E-state index in [4.69, 9.17) is 21.3 Å². The van der Waals surface area contributed by atoms with Crippen molar-refractivity contribution in [3.05, 3.63) is 76.3 Å². The summed E-state index contributed by atoms with van der Waals surface area (Å²) in [5, 5.41) is 7.08. The lowest BCUT2D eigenvalue weighted by molar-refractivity contribution is -0.122. The Bertz CT molecular complexity index is 1560. The summed E-state index contributed by atoms with van der Waals surface area (Å²) in [6, 6.07) is 11.5. The van der Waals surface area contributed by atoms with Gasteiger partial charge in [0.1, 0.15) is 18.2 Å². The van der Waals surface area contributed by atoms with Crippen LogP contribution in [0, 0.1) is 5.92 Å². The van der Waals surface area contributed by atoms with Crippen LogP contribution in [-0.2, 0) is 16.1 Å². The van der Waals surface area contributed by atoms with Gasteiger partial charge < -0.3 is 15.4 Å². The van der Waals surface area contributed by atoms with E-state index < -0.39 is 0 Å². The number of nitrogens with one attached hydrogen (secondary N) is 2. The Morgan fingerprint density at radius 1 is 1.16 bits per heavy atom. The molecule has 1 saturated carbocycles. The van der Waals surface area contributed by atoms with Gasteiger partial charge in [0.2, 0.25) is 5.91 Å². The van der Waals surface area contributed by atoms with Crippen LogP contribution < -0.4 is 16.2 Å². The van der Waals surface area contributed by atoms with Crippen molar-refractivity contribution in [2.24, 2.45) is 10.9 Å². The number of pyridine rings is 2. The molecule has 1 aromatic carbocycles.